The lowest BCUT2D eigenvalue weighted by Gasteiger charge is -2.33. The molecule has 1 N–H and O–H groups in total. The van der Waals surface area contributed by atoms with Crippen LogP contribution in [0.15, 0.2) is 24.3 Å². The van der Waals surface area contributed by atoms with Gasteiger partial charge < -0.3 is 14.8 Å². The Morgan fingerprint density at radius 3 is 2.78 bits per heavy atom. The summed E-state index contributed by atoms with van der Waals surface area (Å²) in [6, 6.07) is 7.21. The lowest BCUT2D eigenvalue weighted by Crippen LogP contribution is -2.48. The van der Waals surface area contributed by atoms with Crippen LogP contribution in [0.5, 0.6) is 5.75 Å². The molecule has 1 atom stereocenters. The van der Waals surface area contributed by atoms with Crippen molar-refractivity contribution in [1.82, 2.24) is 10.2 Å². The number of nitrogens with one attached hydrogen (secondary N) is 1. The molecule has 1 aromatic carbocycles. The van der Waals surface area contributed by atoms with Crippen molar-refractivity contribution in [2.24, 2.45) is 5.92 Å². The Balaban J connectivity index is 1.79. The van der Waals surface area contributed by atoms with E-state index in [4.69, 9.17) is 9.47 Å². The van der Waals surface area contributed by atoms with Gasteiger partial charge in [0.25, 0.3) is 5.91 Å². The van der Waals surface area contributed by atoms with Crippen molar-refractivity contribution in [2.75, 3.05) is 39.4 Å². The van der Waals surface area contributed by atoms with E-state index in [1.54, 1.807) is 12.1 Å². The summed E-state index contributed by atoms with van der Waals surface area (Å²) in [7, 11) is 0. The molecule has 0 bridgehead atoms. The molecule has 23 heavy (non-hydrogen) atoms. The minimum Gasteiger partial charge on any atom is -0.494 e. The number of nitrogens with zero attached hydrogens (tertiary/aromatic N) is 1. The van der Waals surface area contributed by atoms with Crippen molar-refractivity contribution in [3.05, 3.63) is 29.8 Å². The van der Waals surface area contributed by atoms with Crippen LogP contribution in [0.4, 0.5) is 0 Å². The Morgan fingerprint density at radius 2 is 2.13 bits per heavy atom. The zero-order chi connectivity index (χ0) is 16.7. The molecule has 1 aromatic rings. The number of benzene rings is 1. The topological polar surface area (TPSA) is 50.8 Å². The highest BCUT2D eigenvalue weighted by molar-refractivity contribution is 5.94. The van der Waals surface area contributed by atoms with Gasteiger partial charge >= 0.3 is 0 Å². The average molecular weight is 320 g/mol. The maximum absolute atomic E-state index is 12.2. The summed E-state index contributed by atoms with van der Waals surface area (Å²) >= 11 is 0. The molecule has 0 aromatic heterocycles. The predicted molar refractivity (Wildman–Crippen MR) is 91.0 cm³/mol. The number of ether oxygens (including phenoxy) is 2. The molecule has 1 aliphatic heterocycles. The second-order valence-electron chi connectivity index (χ2n) is 6.31. The molecule has 1 unspecified atom stereocenters. The van der Waals surface area contributed by atoms with Crippen LogP contribution in [0.3, 0.4) is 0 Å². The third kappa shape index (κ3) is 5.84. The zero-order valence-electron chi connectivity index (χ0n) is 14.4. The van der Waals surface area contributed by atoms with Gasteiger partial charge in [-0.05, 0) is 37.1 Å². The summed E-state index contributed by atoms with van der Waals surface area (Å²) in [6.07, 6.45) is 0.0640. The van der Waals surface area contributed by atoms with Gasteiger partial charge in [0.1, 0.15) is 5.75 Å². The molecule has 0 radical (unpaired) electrons. The van der Waals surface area contributed by atoms with E-state index in [1.165, 1.54) is 0 Å². The first kappa shape index (κ1) is 17.8. The average Bonchev–Trinajstić information content (AvgIpc) is 2.53. The Labute approximate surface area is 139 Å². The van der Waals surface area contributed by atoms with E-state index in [0.29, 0.717) is 24.6 Å². The summed E-state index contributed by atoms with van der Waals surface area (Å²) in [5, 5.41) is 2.96. The van der Waals surface area contributed by atoms with Crippen LogP contribution in [-0.4, -0.2) is 56.3 Å². The Morgan fingerprint density at radius 1 is 1.39 bits per heavy atom. The van der Waals surface area contributed by atoms with E-state index in [-0.39, 0.29) is 12.0 Å². The van der Waals surface area contributed by atoms with Gasteiger partial charge in [0.15, 0.2) is 0 Å². The Bertz CT molecular complexity index is 488. The lowest BCUT2D eigenvalue weighted by molar-refractivity contribution is -0.0295. The van der Waals surface area contributed by atoms with Gasteiger partial charge in [0.2, 0.25) is 0 Å². The van der Waals surface area contributed by atoms with Crippen molar-refractivity contribution in [3.8, 4) is 5.75 Å². The molecule has 128 valence electrons. The maximum atomic E-state index is 12.2. The summed E-state index contributed by atoms with van der Waals surface area (Å²) in [5.74, 6) is 1.36. The Kier molecular flexibility index (Phi) is 6.86. The third-order valence-electron chi connectivity index (χ3n) is 3.76. The van der Waals surface area contributed by atoms with Crippen molar-refractivity contribution in [3.63, 3.8) is 0 Å². The highest BCUT2D eigenvalue weighted by atomic mass is 16.5. The molecule has 1 fully saturated rings. The SMILES string of the molecule is CCOc1ccc(C(=O)NCC2CN(CC(C)C)CCO2)cc1. The predicted octanol–water partition coefficient (Wildman–Crippen LogP) is 2.17. The Hall–Kier alpha value is -1.59. The lowest BCUT2D eigenvalue weighted by atomic mass is 10.1. The second-order valence-corrected chi connectivity index (χ2v) is 6.31. The van der Waals surface area contributed by atoms with Crippen LogP contribution < -0.4 is 10.1 Å². The third-order valence-corrected chi connectivity index (χ3v) is 3.76. The van der Waals surface area contributed by atoms with Crippen LogP contribution in [-0.2, 0) is 4.74 Å². The second kappa shape index (κ2) is 8.89. The van der Waals surface area contributed by atoms with E-state index in [0.717, 1.165) is 32.0 Å². The van der Waals surface area contributed by atoms with Crippen molar-refractivity contribution in [2.45, 2.75) is 26.9 Å². The molecule has 5 heteroatoms. The van der Waals surface area contributed by atoms with Crippen LogP contribution in [0, 0.1) is 5.92 Å². The molecular formula is C18H28N2O3. The smallest absolute Gasteiger partial charge is 0.251 e. The standard InChI is InChI=1S/C18H28N2O3/c1-4-22-16-7-5-15(6-8-16)18(21)19-11-17-13-20(9-10-23-17)12-14(2)3/h5-8,14,17H,4,9-13H2,1-3H3,(H,19,21). The molecular weight excluding hydrogens is 292 g/mol. The highest BCUT2D eigenvalue weighted by Gasteiger charge is 2.21. The number of morpholine rings is 1. The number of carbonyl (C=O) groups is 1. The quantitative estimate of drug-likeness (QED) is 0.836. The zero-order valence-corrected chi connectivity index (χ0v) is 14.4. The van der Waals surface area contributed by atoms with Gasteiger partial charge in [-0.2, -0.15) is 0 Å². The van der Waals surface area contributed by atoms with E-state index < -0.39 is 0 Å². The summed E-state index contributed by atoms with van der Waals surface area (Å²) in [5.41, 5.74) is 0.642. The molecule has 0 spiro atoms. The molecule has 0 saturated carbocycles. The van der Waals surface area contributed by atoms with Crippen LogP contribution in [0.2, 0.25) is 0 Å². The largest absolute Gasteiger partial charge is 0.494 e. The number of carbonyl (C=O) groups excluding carboxylic acids is 1. The van der Waals surface area contributed by atoms with E-state index >= 15 is 0 Å². The fraction of sp³-hybridized carbons (Fsp3) is 0.611. The molecule has 1 aliphatic rings. The fourth-order valence-corrected chi connectivity index (χ4v) is 2.76. The van der Waals surface area contributed by atoms with Crippen LogP contribution in [0.1, 0.15) is 31.1 Å². The van der Waals surface area contributed by atoms with E-state index in [9.17, 15) is 4.79 Å². The minimum atomic E-state index is -0.0716. The molecule has 5 nitrogen and oxygen atoms in total. The van der Waals surface area contributed by atoms with Gasteiger partial charge in [-0.15, -0.1) is 0 Å². The van der Waals surface area contributed by atoms with Crippen molar-refractivity contribution in [1.29, 1.82) is 0 Å². The highest BCUT2D eigenvalue weighted by Crippen LogP contribution is 2.12. The first-order valence-electron chi connectivity index (χ1n) is 8.43. The van der Waals surface area contributed by atoms with Crippen molar-refractivity contribution >= 4 is 5.91 Å². The summed E-state index contributed by atoms with van der Waals surface area (Å²) in [6.45, 7) is 11.2. The van der Waals surface area contributed by atoms with Gasteiger partial charge in [0, 0.05) is 31.7 Å². The minimum absolute atomic E-state index is 0.0640. The van der Waals surface area contributed by atoms with Gasteiger partial charge in [0.05, 0.1) is 19.3 Å². The molecule has 2 rings (SSSR count). The van der Waals surface area contributed by atoms with E-state index in [1.807, 2.05) is 19.1 Å². The monoisotopic (exact) mass is 320 g/mol. The van der Waals surface area contributed by atoms with Crippen LogP contribution >= 0.6 is 0 Å². The summed E-state index contributed by atoms with van der Waals surface area (Å²) < 4.78 is 11.1. The van der Waals surface area contributed by atoms with Crippen LogP contribution in [0.25, 0.3) is 0 Å². The maximum Gasteiger partial charge on any atom is 0.251 e. The molecule has 1 amide bonds. The fourth-order valence-electron chi connectivity index (χ4n) is 2.76. The van der Waals surface area contributed by atoms with Gasteiger partial charge in [-0.3, -0.25) is 9.69 Å². The molecule has 0 aliphatic carbocycles. The summed E-state index contributed by atoms with van der Waals surface area (Å²) in [4.78, 5) is 14.6. The van der Waals surface area contributed by atoms with Gasteiger partial charge in [-0.1, -0.05) is 13.8 Å². The number of rotatable bonds is 7. The first-order chi connectivity index (χ1) is 11.1. The molecule has 1 saturated heterocycles. The van der Waals surface area contributed by atoms with Gasteiger partial charge in [-0.25, -0.2) is 0 Å². The molecule has 1 heterocycles. The number of hydrogen-bond donors (Lipinski definition) is 1. The normalized spacial score (nSPS) is 18.9. The first-order valence-corrected chi connectivity index (χ1v) is 8.43. The van der Waals surface area contributed by atoms with E-state index in [2.05, 4.69) is 24.1 Å². The van der Waals surface area contributed by atoms with Crippen molar-refractivity contribution < 1.29 is 14.3 Å². The number of amides is 1. The number of hydrogen-bond acceptors (Lipinski definition) is 4.